The minimum atomic E-state index is -0.345. The molecule has 28 heavy (non-hydrogen) atoms. The Morgan fingerprint density at radius 3 is 2.79 bits per heavy atom. The second kappa shape index (κ2) is 7.20. The van der Waals surface area contributed by atoms with E-state index >= 15 is 0 Å². The summed E-state index contributed by atoms with van der Waals surface area (Å²) in [5.41, 5.74) is 3.35. The van der Waals surface area contributed by atoms with Gasteiger partial charge < -0.3 is 9.64 Å². The molecule has 0 saturated carbocycles. The van der Waals surface area contributed by atoms with Crippen molar-refractivity contribution in [1.82, 2.24) is 24.5 Å². The number of rotatable bonds is 3. The molecule has 1 aliphatic rings. The lowest BCUT2D eigenvalue weighted by molar-refractivity contribution is -0.00304. The molecule has 0 radical (unpaired) electrons. The third-order valence-electron chi connectivity index (χ3n) is 5.10. The minimum Gasteiger partial charge on any atom is -0.377 e. The molecule has 2 aromatic heterocycles. The molecular formula is C20H22FN5O2. The highest BCUT2D eigenvalue weighted by Crippen LogP contribution is 2.32. The Morgan fingerprint density at radius 1 is 1.29 bits per heavy atom. The quantitative estimate of drug-likeness (QED) is 0.697. The van der Waals surface area contributed by atoms with Gasteiger partial charge in [0.15, 0.2) is 0 Å². The van der Waals surface area contributed by atoms with Gasteiger partial charge in [-0.1, -0.05) is 12.1 Å². The second-order valence-electron chi connectivity index (χ2n) is 6.94. The fraction of sp³-hybridized carbons (Fsp3) is 0.350. The first-order chi connectivity index (χ1) is 13.5. The number of carbonyl (C=O) groups excluding carboxylic acids is 1. The number of para-hydroxylation sites is 1. The SMILES string of the molecule is Cc1nn(-c2ccccc2F)c(C)c1C1COCCN1C(=O)c1cnn(C)c1. The number of hydrogen-bond donors (Lipinski definition) is 0. The van der Waals surface area contributed by atoms with Crippen LogP contribution in [0.3, 0.4) is 0 Å². The molecule has 8 heteroatoms. The van der Waals surface area contributed by atoms with E-state index in [-0.39, 0.29) is 17.8 Å². The molecule has 0 N–H and O–H groups in total. The molecule has 0 bridgehead atoms. The maximum Gasteiger partial charge on any atom is 0.257 e. The monoisotopic (exact) mass is 383 g/mol. The van der Waals surface area contributed by atoms with E-state index in [0.29, 0.717) is 31.0 Å². The van der Waals surface area contributed by atoms with E-state index in [0.717, 1.165) is 17.0 Å². The van der Waals surface area contributed by atoms with Crippen molar-refractivity contribution in [3.63, 3.8) is 0 Å². The summed E-state index contributed by atoms with van der Waals surface area (Å²) in [4.78, 5) is 14.9. The molecule has 7 nitrogen and oxygen atoms in total. The lowest BCUT2D eigenvalue weighted by Crippen LogP contribution is -2.43. The summed E-state index contributed by atoms with van der Waals surface area (Å²) >= 11 is 0. The summed E-state index contributed by atoms with van der Waals surface area (Å²) < 4.78 is 23.2. The Balaban J connectivity index is 1.74. The van der Waals surface area contributed by atoms with Gasteiger partial charge in [-0.25, -0.2) is 9.07 Å². The van der Waals surface area contributed by atoms with Crippen LogP contribution in [-0.2, 0) is 11.8 Å². The molecule has 1 aliphatic heterocycles. The predicted molar refractivity (Wildman–Crippen MR) is 101 cm³/mol. The summed E-state index contributed by atoms with van der Waals surface area (Å²) in [6.45, 7) is 5.09. The fourth-order valence-corrected chi connectivity index (χ4v) is 3.78. The Morgan fingerprint density at radius 2 is 2.07 bits per heavy atom. The molecule has 1 saturated heterocycles. The van der Waals surface area contributed by atoms with Gasteiger partial charge in [0.2, 0.25) is 0 Å². The van der Waals surface area contributed by atoms with Crippen LogP contribution in [0, 0.1) is 19.7 Å². The van der Waals surface area contributed by atoms with Gasteiger partial charge in [-0.2, -0.15) is 10.2 Å². The first kappa shape index (κ1) is 18.4. The molecule has 1 unspecified atom stereocenters. The van der Waals surface area contributed by atoms with E-state index in [9.17, 15) is 9.18 Å². The maximum atomic E-state index is 14.3. The smallest absolute Gasteiger partial charge is 0.257 e. The van der Waals surface area contributed by atoms with Crippen LogP contribution < -0.4 is 0 Å². The van der Waals surface area contributed by atoms with Crippen molar-refractivity contribution < 1.29 is 13.9 Å². The zero-order valence-corrected chi connectivity index (χ0v) is 16.1. The van der Waals surface area contributed by atoms with Crippen LogP contribution in [-0.4, -0.2) is 50.1 Å². The highest BCUT2D eigenvalue weighted by Gasteiger charge is 2.34. The van der Waals surface area contributed by atoms with Crippen molar-refractivity contribution in [2.75, 3.05) is 19.8 Å². The molecule has 1 aromatic carbocycles. The average molecular weight is 383 g/mol. The van der Waals surface area contributed by atoms with Crippen LogP contribution in [0.25, 0.3) is 5.69 Å². The van der Waals surface area contributed by atoms with E-state index < -0.39 is 0 Å². The Kier molecular flexibility index (Phi) is 4.72. The summed E-state index contributed by atoms with van der Waals surface area (Å²) in [5.74, 6) is -0.443. The van der Waals surface area contributed by atoms with Crippen LogP contribution in [0.15, 0.2) is 36.7 Å². The zero-order chi connectivity index (χ0) is 19.8. The number of morpholine rings is 1. The van der Waals surface area contributed by atoms with Gasteiger partial charge in [0.05, 0.1) is 36.7 Å². The Hall–Kier alpha value is -3.00. The molecule has 3 aromatic rings. The zero-order valence-electron chi connectivity index (χ0n) is 16.1. The Labute approximate surface area is 162 Å². The van der Waals surface area contributed by atoms with Crippen LogP contribution in [0.1, 0.15) is 33.4 Å². The third-order valence-corrected chi connectivity index (χ3v) is 5.10. The normalized spacial score (nSPS) is 17.1. The van der Waals surface area contributed by atoms with Crippen LogP contribution >= 0.6 is 0 Å². The number of aryl methyl sites for hydroxylation is 2. The molecule has 146 valence electrons. The van der Waals surface area contributed by atoms with Gasteiger partial charge >= 0.3 is 0 Å². The minimum absolute atomic E-state index is 0.0983. The maximum absolute atomic E-state index is 14.3. The molecule has 3 heterocycles. The lowest BCUT2D eigenvalue weighted by Gasteiger charge is -2.35. The topological polar surface area (TPSA) is 65.2 Å². The van der Waals surface area contributed by atoms with Gasteiger partial charge in [0.25, 0.3) is 5.91 Å². The van der Waals surface area contributed by atoms with Crippen LogP contribution in [0.2, 0.25) is 0 Å². The van der Waals surface area contributed by atoms with Crippen molar-refractivity contribution in [3.8, 4) is 5.69 Å². The van der Waals surface area contributed by atoms with Crippen LogP contribution in [0.5, 0.6) is 0 Å². The van der Waals surface area contributed by atoms with E-state index in [4.69, 9.17) is 4.74 Å². The predicted octanol–water partition coefficient (Wildman–Crippen LogP) is 2.58. The highest BCUT2D eigenvalue weighted by atomic mass is 19.1. The van der Waals surface area contributed by atoms with Crippen molar-refractivity contribution in [3.05, 3.63) is 65.0 Å². The molecule has 0 aliphatic carbocycles. The van der Waals surface area contributed by atoms with Crippen molar-refractivity contribution in [2.24, 2.45) is 7.05 Å². The number of aromatic nitrogens is 4. The van der Waals surface area contributed by atoms with Gasteiger partial charge in [-0.05, 0) is 26.0 Å². The number of ether oxygens (including phenoxy) is 1. The lowest BCUT2D eigenvalue weighted by atomic mass is 10.0. The number of halogens is 1. The largest absolute Gasteiger partial charge is 0.377 e. The standard InChI is InChI=1S/C20H22FN5O2/c1-13-19(14(2)26(23-13)17-7-5-4-6-16(17)21)18-12-28-9-8-25(18)20(27)15-10-22-24(3)11-15/h4-7,10-11,18H,8-9,12H2,1-3H3. The molecule has 1 fully saturated rings. The highest BCUT2D eigenvalue weighted by molar-refractivity contribution is 5.94. The first-order valence-corrected chi connectivity index (χ1v) is 9.15. The molecule has 1 atom stereocenters. The third kappa shape index (κ3) is 3.09. The average Bonchev–Trinajstić information content (AvgIpc) is 3.25. The van der Waals surface area contributed by atoms with Gasteiger partial charge in [0.1, 0.15) is 11.5 Å². The van der Waals surface area contributed by atoms with Gasteiger partial charge in [-0.15, -0.1) is 0 Å². The van der Waals surface area contributed by atoms with Crippen LogP contribution in [0.4, 0.5) is 4.39 Å². The van der Waals surface area contributed by atoms with E-state index in [2.05, 4.69) is 10.2 Å². The second-order valence-corrected chi connectivity index (χ2v) is 6.94. The summed E-state index contributed by atoms with van der Waals surface area (Å²) in [6.07, 6.45) is 3.27. The molecular weight excluding hydrogens is 361 g/mol. The first-order valence-electron chi connectivity index (χ1n) is 9.15. The van der Waals surface area contributed by atoms with Crippen molar-refractivity contribution >= 4 is 5.91 Å². The molecule has 4 rings (SSSR count). The number of benzene rings is 1. The number of amides is 1. The van der Waals surface area contributed by atoms with Crippen molar-refractivity contribution in [2.45, 2.75) is 19.9 Å². The van der Waals surface area contributed by atoms with E-state index in [1.54, 1.807) is 51.9 Å². The van der Waals surface area contributed by atoms with E-state index in [1.807, 2.05) is 13.8 Å². The molecule has 0 spiro atoms. The number of nitrogens with zero attached hydrogens (tertiary/aromatic N) is 5. The van der Waals surface area contributed by atoms with Crippen molar-refractivity contribution in [1.29, 1.82) is 0 Å². The van der Waals surface area contributed by atoms with Gasteiger partial charge in [-0.3, -0.25) is 9.48 Å². The van der Waals surface area contributed by atoms with Gasteiger partial charge in [0, 0.05) is 31.0 Å². The van der Waals surface area contributed by atoms with E-state index in [1.165, 1.54) is 6.07 Å². The summed E-state index contributed by atoms with van der Waals surface area (Å²) in [5, 5.41) is 8.65. The fourth-order valence-electron chi connectivity index (χ4n) is 3.78. The number of hydrogen-bond acceptors (Lipinski definition) is 4. The Bertz CT molecular complexity index is 1030. The summed E-state index contributed by atoms with van der Waals surface area (Å²) in [7, 11) is 1.78. The molecule has 1 amide bonds. The summed E-state index contributed by atoms with van der Waals surface area (Å²) in [6, 6.07) is 6.23. The number of carbonyl (C=O) groups is 1.